The minimum atomic E-state index is -0.575. The van der Waals surface area contributed by atoms with Crippen LogP contribution in [0.4, 0.5) is 5.69 Å². The van der Waals surface area contributed by atoms with Gasteiger partial charge in [0.2, 0.25) is 0 Å². The molecule has 0 radical (unpaired) electrons. The fraction of sp³-hybridized carbons (Fsp3) is 0.125. The average Bonchev–Trinajstić information content (AvgIpc) is 2.75. The number of carbonyl (C=O) groups excluding carboxylic acids is 3. The van der Waals surface area contributed by atoms with Crippen molar-refractivity contribution >= 4 is 23.5 Å². The minimum absolute atomic E-state index is 0.182. The van der Waals surface area contributed by atoms with Crippen LogP contribution in [-0.2, 0) is 9.53 Å². The standard InChI is InChI=1S/C24H21NO5/c1-15-8-7-11-20(22(15)30-16(2)26)23(27)25-21-14-18(17-9-5-4-6-10-17)12-13-19(21)24(28)29-3/h4-14H,1-3H3,(H,25,27). The summed E-state index contributed by atoms with van der Waals surface area (Å²) in [6.45, 7) is 3.01. The molecular weight excluding hydrogens is 382 g/mol. The Morgan fingerprint density at radius 3 is 2.23 bits per heavy atom. The molecule has 0 aromatic heterocycles. The second-order valence-electron chi connectivity index (χ2n) is 6.62. The Kier molecular flexibility index (Phi) is 6.27. The Bertz CT molecular complexity index is 1110. The predicted molar refractivity (Wildman–Crippen MR) is 114 cm³/mol. The maximum Gasteiger partial charge on any atom is 0.339 e. The summed E-state index contributed by atoms with van der Waals surface area (Å²) in [5.41, 5.74) is 3.09. The van der Waals surface area contributed by atoms with Crippen LogP contribution in [0.2, 0.25) is 0 Å². The number of rotatable bonds is 5. The van der Waals surface area contributed by atoms with Crippen LogP contribution in [0.15, 0.2) is 66.7 Å². The molecule has 1 amide bonds. The summed E-state index contributed by atoms with van der Waals surface area (Å²) in [5, 5.41) is 2.76. The van der Waals surface area contributed by atoms with Gasteiger partial charge in [-0.2, -0.15) is 0 Å². The molecule has 0 atom stereocenters. The van der Waals surface area contributed by atoms with Crippen LogP contribution < -0.4 is 10.1 Å². The quantitative estimate of drug-likeness (QED) is 0.496. The normalized spacial score (nSPS) is 10.2. The van der Waals surface area contributed by atoms with Crippen LogP contribution in [-0.4, -0.2) is 25.0 Å². The van der Waals surface area contributed by atoms with Crippen molar-refractivity contribution in [3.63, 3.8) is 0 Å². The molecule has 0 aliphatic carbocycles. The third-order valence-electron chi connectivity index (χ3n) is 4.48. The topological polar surface area (TPSA) is 81.7 Å². The molecule has 0 saturated heterocycles. The molecule has 6 nitrogen and oxygen atoms in total. The first-order valence-corrected chi connectivity index (χ1v) is 9.28. The van der Waals surface area contributed by atoms with E-state index in [4.69, 9.17) is 9.47 Å². The van der Waals surface area contributed by atoms with E-state index >= 15 is 0 Å². The first kappa shape index (κ1) is 20.8. The number of para-hydroxylation sites is 1. The van der Waals surface area contributed by atoms with Gasteiger partial charge >= 0.3 is 11.9 Å². The molecule has 0 unspecified atom stereocenters. The van der Waals surface area contributed by atoms with Gasteiger partial charge in [0, 0.05) is 6.92 Å². The van der Waals surface area contributed by atoms with Crippen LogP contribution in [0.3, 0.4) is 0 Å². The van der Waals surface area contributed by atoms with E-state index in [0.29, 0.717) is 11.3 Å². The largest absolute Gasteiger partial charge is 0.465 e. The second-order valence-corrected chi connectivity index (χ2v) is 6.62. The minimum Gasteiger partial charge on any atom is -0.465 e. The summed E-state index contributed by atoms with van der Waals surface area (Å²) >= 11 is 0. The number of benzene rings is 3. The van der Waals surface area contributed by atoms with Gasteiger partial charge in [0.05, 0.1) is 23.9 Å². The lowest BCUT2D eigenvalue weighted by molar-refractivity contribution is -0.131. The lowest BCUT2D eigenvalue weighted by Gasteiger charge is -2.15. The molecule has 3 aromatic carbocycles. The lowest BCUT2D eigenvalue weighted by atomic mass is 10.0. The Morgan fingerprint density at radius 1 is 0.833 bits per heavy atom. The average molecular weight is 403 g/mol. The monoisotopic (exact) mass is 403 g/mol. The van der Waals surface area contributed by atoms with Crippen molar-refractivity contribution in [3.8, 4) is 16.9 Å². The Morgan fingerprint density at radius 2 is 1.57 bits per heavy atom. The van der Waals surface area contributed by atoms with Crippen LogP contribution in [0.5, 0.6) is 5.75 Å². The van der Waals surface area contributed by atoms with Crippen molar-refractivity contribution in [2.45, 2.75) is 13.8 Å². The fourth-order valence-electron chi connectivity index (χ4n) is 3.05. The van der Waals surface area contributed by atoms with Gasteiger partial charge in [0.1, 0.15) is 5.75 Å². The number of aryl methyl sites for hydroxylation is 1. The highest BCUT2D eigenvalue weighted by Gasteiger charge is 2.20. The van der Waals surface area contributed by atoms with Crippen LogP contribution in [0, 0.1) is 6.92 Å². The highest BCUT2D eigenvalue weighted by molar-refractivity contribution is 6.10. The van der Waals surface area contributed by atoms with E-state index in [9.17, 15) is 14.4 Å². The Hall–Kier alpha value is -3.93. The molecule has 152 valence electrons. The molecule has 0 aliphatic heterocycles. The Labute approximate surface area is 174 Å². The summed E-state index contributed by atoms with van der Waals surface area (Å²) in [6.07, 6.45) is 0. The van der Waals surface area contributed by atoms with E-state index in [-0.39, 0.29) is 16.9 Å². The number of carbonyl (C=O) groups is 3. The van der Waals surface area contributed by atoms with Gasteiger partial charge in [0.15, 0.2) is 0 Å². The molecule has 3 rings (SSSR count). The van der Waals surface area contributed by atoms with E-state index < -0.39 is 17.8 Å². The van der Waals surface area contributed by atoms with E-state index in [2.05, 4.69) is 5.32 Å². The SMILES string of the molecule is COC(=O)c1ccc(-c2ccccc2)cc1NC(=O)c1cccc(C)c1OC(C)=O. The first-order chi connectivity index (χ1) is 14.4. The summed E-state index contributed by atoms with van der Waals surface area (Å²) in [5.74, 6) is -1.43. The zero-order valence-electron chi connectivity index (χ0n) is 16.9. The number of anilines is 1. The summed E-state index contributed by atoms with van der Waals surface area (Å²) in [4.78, 5) is 36.7. The molecule has 0 saturated carbocycles. The molecule has 3 aromatic rings. The van der Waals surface area contributed by atoms with Crippen LogP contribution >= 0.6 is 0 Å². The molecule has 30 heavy (non-hydrogen) atoms. The number of nitrogens with one attached hydrogen (secondary N) is 1. The zero-order chi connectivity index (χ0) is 21.7. The highest BCUT2D eigenvalue weighted by atomic mass is 16.5. The van der Waals surface area contributed by atoms with Crippen molar-refractivity contribution in [2.75, 3.05) is 12.4 Å². The maximum absolute atomic E-state index is 13.0. The molecule has 0 spiro atoms. The first-order valence-electron chi connectivity index (χ1n) is 9.28. The van der Waals surface area contributed by atoms with Crippen molar-refractivity contribution in [1.29, 1.82) is 0 Å². The number of esters is 2. The smallest absolute Gasteiger partial charge is 0.339 e. The second kappa shape index (κ2) is 9.05. The number of methoxy groups -OCH3 is 1. The third-order valence-corrected chi connectivity index (χ3v) is 4.48. The van der Waals surface area contributed by atoms with Crippen molar-refractivity contribution in [2.24, 2.45) is 0 Å². The van der Waals surface area contributed by atoms with Crippen LogP contribution in [0.1, 0.15) is 33.2 Å². The van der Waals surface area contributed by atoms with E-state index in [1.165, 1.54) is 14.0 Å². The highest BCUT2D eigenvalue weighted by Crippen LogP contribution is 2.29. The number of hydrogen-bond acceptors (Lipinski definition) is 5. The zero-order valence-corrected chi connectivity index (χ0v) is 16.9. The molecule has 6 heteroatoms. The van der Waals surface area contributed by atoms with Gasteiger partial charge in [-0.15, -0.1) is 0 Å². The van der Waals surface area contributed by atoms with Crippen molar-refractivity contribution < 1.29 is 23.9 Å². The van der Waals surface area contributed by atoms with E-state index in [1.54, 1.807) is 43.3 Å². The maximum atomic E-state index is 13.0. The summed E-state index contributed by atoms with van der Waals surface area (Å²) in [7, 11) is 1.28. The number of ether oxygens (including phenoxy) is 2. The van der Waals surface area contributed by atoms with Crippen molar-refractivity contribution in [3.05, 3.63) is 83.4 Å². The van der Waals surface area contributed by atoms with Gasteiger partial charge in [-0.1, -0.05) is 48.5 Å². The molecule has 0 fully saturated rings. The van der Waals surface area contributed by atoms with Gasteiger partial charge in [-0.25, -0.2) is 4.79 Å². The predicted octanol–water partition coefficient (Wildman–Crippen LogP) is 4.63. The molecule has 0 heterocycles. The lowest BCUT2D eigenvalue weighted by Crippen LogP contribution is -2.18. The number of amides is 1. The molecule has 0 aliphatic rings. The van der Waals surface area contributed by atoms with Gasteiger partial charge in [-0.3, -0.25) is 9.59 Å². The van der Waals surface area contributed by atoms with Crippen LogP contribution in [0.25, 0.3) is 11.1 Å². The van der Waals surface area contributed by atoms with Crippen molar-refractivity contribution in [1.82, 2.24) is 0 Å². The molecule has 0 bridgehead atoms. The molecular formula is C24H21NO5. The van der Waals surface area contributed by atoms with Gasteiger partial charge < -0.3 is 14.8 Å². The summed E-state index contributed by atoms with van der Waals surface area (Å²) in [6, 6.07) is 19.7. The fourth-order valence-corrected chi connectivity index (χ4v) is 3.05. The van der Waals surface area contributed by atoms with E-state index in [1.807, 2.05) is 30.3 Å². The number of hydrogen-bond donors (Lipinski definition) is 1. The Balaban J connectivity index is 2.03. The summed E-state index contributed by atoms with van der Waals surface area (Å²) < 4.78 is 10.1. The molecule has 1 N–H and O–H groups in total. The van der Waals surface area contributed by atoms with E-state index in [0.717, 1.165) is 11.1 Å². The third kappa shape index (κ3) is 4.55. The van der Waals surface area contributed by atoms with Gasteiger partial charge in [0.25, 0.3) is 5.91 Å². The van der Waals surface area contributed by atoms with Gasteiger partial charge in [-0.05, 0) is 41.8 Å².